The third kappa shape index (κ3) is 5.50. The molecule has 5 nitrogen and oxygen atoms in total. The minimum atomic E-state index is -0.857. The van der Waals surface area contributed by atoms with E-state index in [-0.39, 0.29) is 11.8 Å². The first-order valence-corrected chi connectivity index (χ1v) is 17.5. The first kappa shape index (κ1) is 30.9. The molecular weight excluding hydrogens is 635 g/mol. The molecule has 8 rings (SSSR count). The maximum absolute atomic E-state index is 14.0. The van der Waals surface area contributed by atoms with E-state index < -0.39 is 5.54 Å². The molecule has 0 bridgehead atoms. The normalized spacial score (nSPS) is 15.9. The number of nitrogens with zero attached hydrogens (tertiary/aromatic N) is 3. The summed E-state index contributed by atoms with van der Waals surface area (Å²) in [5, 5.41) is 10.6. The van der Waals surface area contributed by atoms with Crippen molar-refractivity contribution in [3.8, 4) is 11.1 Å². The lowest BCUT2D eigenvalue weighted by Crippen LogP contribution is -2.39. The van der Waals surface area contributed by atoms with E-state index in [0.29, 0.717) is 21.9 Å². The summed E-state index contributed by atoms with van der Waals surface area (Å²) in [6.07, 6.45) is 4.26. The van der Waals surface area contributed by atoms with Crippen LogP contribution in [0.25, 0.3) is 22.0 Å². The fourth-order valence-electron chi connectivity index (χ4n) is 7.49. The first-order chi connectivity index (χ1) is 23.5. The number of benzene rings is 5. The van der Waals surface area contributed by atoms with E-state index in [9.17, 15) is 4.79 Å². The number of hydrogen-bond donors (Lipinski definition) is 1. The monoisotopic (exact) mass is 670 g/mol. The second-order valence-corrected chi connectivity index (χ2v) is 13.7. The molecule has 48 heavy (non-hydrogen) atoms. The van der Waals surface area contributed by atoms with Crippen LogP contribution in [0.4, 0.5) is 5.82 Å². The summed E-state index contributed by atoms with van der Waals surface area (Å²) in [4.78, 5) is 16.6. The van der Waals surface area contributed by atoms with Gasteiger partial charge in [-0.1, -0.05) is 126 Å². The molecule has 0 atom stereocenters. The van der Waals surface area contributed by atoms with Gasteiger partial charge < -0.3 is 10.2 Å². The van der Waals surface area contributed by atoms with Gasteiger partial charge in [-0.3, -0.25) is 4.79 Å². The molecule has 1 aliphatic heterocycles. The van der Waals surface area contributed by atoms with Crippen LogP contribution in [0.3, 0.4) is 0 Å². The molecule has 1 saturated carbocycles. The second-order valence-electron chi connectivity index (χ2n) is 12.9. The summed E-state index contributed by atoms with van der Waals surface area (Å²) in [6.45, 7) is 1.93. The molecule has 1 N–H and O–H groups in total. The van der Waals surface area contributed by atoms with Gasteiger partial charge in [0.1, 0.15) is 5.54 Å². The highest BCUT2D eigenvalue weighted by atomic mass is 35.5. The third-order valence-electron chi connectivity index (χ3n) is 10.0. The Morgan fingerprint density at radius 1 is 0.688 bits per heavy atom. The van der Waals surface area contributed by atoms with Crippen molar-refractivity contribution < 1.29 is 4.79 Å². The van der Waals surface area contributed by atoms with Crippen LogP contribution in [-0.4, -0.2) is 39.7 Å². The van der Waals surface area contributed by atoms with Crippen LogP contribution in [0.15, 0.2) is 127 Å². The lowest BCUT2D eigenvalue weighted by Gasteiger charge is -2.37. The molecule has 5 aromatic carbocycles. The number of halogens is 2. The summed E-state index contributed by atoms with van der Waals surface area (Å²) >= 11 is 13.4. The van der Waals surface area contributed by atoms with Crippen LogP contribution in [0.2, 0.25) is 10.0 Å². The highest BCUT2D eigenvalue weighted by Crippen LogP contribution is 2.45. The Morgan fingerprint density at radius 2 is 1.23 bits per heavy atom. The molecule has 1 aromatic heterocycles. The van der Waals surface area contributed by atoms with E-state index in [0.717, 1.165) is 64.7 Å². The summed E-state index contributed by atoms with van der Waals surface area (Å²) in [5.41, 5.74) is 4.78. The van der Waals surface area contributed by atoms with Crippen molar-refractivity contribution in [3.05, 3.63) is 154 Å². The Morgan fingerprint density at radius 3 is 1.75 bits per heavy atom. The molecule has 2 fully saturated rings. The van der Waals surface area contributed by atoms with Gasteiger partial charge in [-0.05, 0) is 85.3 Å². The predicted octanol–water partition coefficient (Wildman–Crippen LogP) is 9.66. The molecule has 1 amide bonds. The zero-order valence-electron chi connectivity index (χ0n) is 26.5. The molecule has 1 aliphatic carbocycles. The number of amides is 1. The second kappa shape index (κ2) is 12.9. The number of rotatable bonds is 8. The number of carbonyl (C=O) groups is 1. The highest BCUT2D eigenvalue weighted by Gasteiger charge is 2.41. The Hall–Kier alpha value is -4.42. The molecular formula is C41H36Cl2N4O. The molecule has 1 saturated heterocycles. The van der Waals surface area contributed by atoms with Gasteiger partial charge in [0.25, 0.3) is 0 Å². The van der Waals surface area contributed by atoms with Gasteiger partial charge in [0.2, 0.25) is 5.91 Å². The topological polar surface area (TPSA) is 50.2 Å². The van der Waals surface area contributed by atoms with Crippen molar-refractivity contribution in [1.29, 1.82) is 0 Å². The Bertz CT molecular complexity index is 1950. The number of hydrogen-bond acceptors (Lipinski definition) is 3. The average Bonchev–Trinajstić information content (AvgIpc) is 3.93. The van der Waals surface area contributed by atoms with Crippen molar-refractivity contribution in [2.24, 2.45) is 5.92 Å². The molecule has 0 spiro atoms. The number of anilines is 1. The molecule has 0 unspecified atom stereocenters. The number of likely N-dealkylation sites (tertiary alicyclic amines) is 1. The van der Waals surface area contributed by atoms with E-state index in [4.69, 9.17) is 28.3 Å². The minimum absolute atomic E-state index is 0.0166. The predicted molar refractivity (Wildman–Crippen MR) is 196 cm³/mol. The number of aromatic nitrogens is 2. The van der Waals surface area contributed by atoms with Crippen LogP contribution < -0.4 is 5.32 Å². The van der Waals surface area contributed by atoms with E-state index >= 15 is 0 Å². The Kier molecular flexibility index (Phi) is 8.29. The minimum Gasteiger partial charge on any atom is -0.308 e. The van der Waals surface area contributed by atoms with Crippen molar-refractivity contribution in [2.75, 3.05) is 18.4 Å². The smallest absolute Gasteiger partial charge is 0.228 e. The van der Waals surface area contributed by atoms with Crippen molar-refractivity contribution in [2.45, 2.75) is 37.3 Å². The molecule has 240 valence electrons. The first-order valence-electron chi connectivity index (χ1n) is 16.7. The van der Waals surface area contributed by atoms with Gasteiger partial charge in [0, 0.05) is 33.0 Å². The van der Waals surface area contributed by atoms with Gasteiger partial charge in [0.05, 0.1) is 5.52 Å². The molecule has 2 heterocycles. The number of fused-ring (bicyclic) bond motifs is 1. The van der Waals surface area contributed by atoms with Gasteiger partial charge in [0.15, 0.2) is 5.82 Å². The van der Waals surface area contributed by atoms with E-state index in [2.05, 4.69) is 99.8 Å². The zero-order valence-corrected chi connectivity index (χ0v) is 28.0. The van der Waals surface area contributed by atoms with Crippen molar-refractivity contribution in [1.82, 2.24) is 14.7 Å². The van der Waals surface area contributed by atoms with Gasteiger partial charge in [-0.2, -0.15) is 5.10 Å². The third-order valence-corrected chi connectivity index (χ3v) is 10.7. The number of carbonyl (C=O) groups excluding carboxylic acids is 1. The summed E-state index contributed by atoms with van der Waals surface area (Å²) < 4.78 is 2.09. The Labute approximate surface area is 291 Å². The van der Waals surface area contributed by atoms with E-state index in [1.54, 1.807) is 0 Å². The SMILES string of the molecule is O=C(Nc1nn(C(c2ccccc2)(c2ccccc2)c2ccccc2)c2ccc(-c3c(Cl)cccc3Cl)cc12)C1CCN(C2CC2)CC1. The van der Waals surface area contributed by atoms with Crippen molar-refractivity contribution >= 4 is 45.8 Å². The van der Waals surface area contributed by atoms with Crippen LogP contribution in [-0.2, 0) is 10.3 Å². The van der Waals surface area contributed by atoms with Crippen LogP contribution in [0.1, 0.15) is 42.4 Å². The molecule has 0 radical (unpaired) electrons. The van der Waals surface area contributed by atoms with E-state index in [1.807, 2.05) is 42.5 Å². The Balaban J connectivity index is 1.34. The molecule has 2 aliphatic rings. The summed E-state index contributed by atoms with van der Waals surface area (Å²) in [7, 11) is 0. The van der Waals surface area contributed by atoms with E-state index in [1.165, 1.54) is 12.8 Å². The lowest BCUT2D eigenvalue weighted by molar-refractivity contribution is -0.121. The van der Waals surface area contributed by atoms with Gasteiger partial charge in [-0.15, -0.1) is 0 Å². The molecule has 6 aromatic rings. The standard InChI is InChI=1S/C41H36Cl2N4O/c42-35-17-10-18-36(43)38(35)29-19-22-37-34(27-29)39(44-40(48)28-23-25-46(26-24-28)33-20-21-33)45-47(37)41(30-11-4-1-5-12-30,31-13-6-2-7-14-31)32-15-8-3-9-16-32/h1-19,22,27-28,33H,20-21,23-26H2,(H,44,45,48). The largest absolute Gasteiger partial charge is 0.308 e. The average molecular weight is 672 g/mol. The quantitative estimate of drug-likeness (QED) is 0.164. The van der Waals surface area contributed by atoms with Gasteiger partial charge >= 0.3 is 0 Å². The maximum Gasteiger partial charge on any atom is 0.228 e. The maximum atomic E-state index is 14.0. The van der Waals surface area contributed by atoms with Gasteiger partial charge in [-0.25, -0.2) is 4.68 Å². The highest BCUT2D eigenvalue weighted by molar-refractivity contribution is 6.39. The molecule has 7 heteroatoms. The number of nitrogens with one attached hydrogen (secondary N) is 1. The van der Waals surface area contributed by atoms with Crippen LogP contribution in [0.5, 0.6) is 0 Å². The fourth-order valence-corrected chi connectivity index (χ4v) is 8.10. The zero-order chi connectivity index (χ0) is 32.7. The summed E-state index contributed by atoms with van der Waals surface area (Å²) in [5.74, 6) is 0.475. The van der Waals surface area contributed by atoms with Crippen molar-refractivity contribution in [3.63, 3.8) is 0 Å². The lowest BCUT2D eigenvalue weighted by atomic mass is 9.77. The summed E-state index contributed by atoms with van der Waals surface area (Å²) in [6, 6.07) is 43.8. The fraction of sp³-hybridized carbons (Fsp3) is 0.220. The van der Waals surface area contributed by atoms with Crippen LogP contribution >= 0.6 is 23.2 Å². The number of piperidine rings is 1. The van der Waals surface area contributed by atoms with Crippen LogP contribution in [0, 0.1) is 5.92 Å².